The van der Waals surface area contributed by atoms with Gasteiger partial charge in [0.25, 0.3) is 5.91 Å². The van der Waals surface area contributed by atoms with E-state index in [1.165, 1.54) is 19.3 Å². The van der Waals surface area contributed by atoms with Crippen LogP contribution in [0.15, 0.2) is 22.8 Å². The molecule has 0 aliphatic heterocycles. The van der Waals surface area contributed by atoms with Crippen LogP contribution in [0.1, 0.15) is 42.6 Å². The van der Waals surface area contributed by atoms with Crippen LogP contribution in [0.25, 0.3) is 0 Å². The highest BCUT2D eigenvalue weighted by Crippen LogP contribution is 2.25. The Morgan fingerprint density at radius 1 is 1.37 bits per heavy atom. The lowest BCUT2D eigenvalue weighted by Crippen LogP contribution is -2.43. The Hall–Kier alpha value is -0.420. The van der Waals surface area contributed by atoms with Crippen molar-refractivity contribution in [2.24, 2.45) is 0 Å². The van der Waals surface area contributed by atoms with Crippen molar-refractivity contribution in [3.8, 4) is 0 Å². The second kappa shape index (κ2) is 7.39. The van der Waals surface area contributed by atoms with Gasteiger partial charge in [0.1, 0.15) is 5.69 Å². The zero-order valence-electron chi connectivity index (χ0n) is 10.8. The molecule has 3 nitrogen and oxygen atoms in total. The Balaban J connectivity index is 2.18. The van der Waals surface area contributed by atoms with Gasteiger partial charge >= 0.3 is 0 Å². The van der Waals surface area contributed by atoms with Gasteiger partial charge in [-0.25, -0.2) is 4.98 Å². The third kappa shape index (κ3) is 3.78. The van der Waals surface area contributed by atoms with E-state index < -0.39 is 0 Å². The summed E-state index contributed by atoms with van der Waals surface area (Å²) in [6, 6.07) is 4.07. The van der Waals surface area contributed by atoms with Crippen LogP contribution in [0.3, 0.4) is 0 Å². The molecule has 0 radical (unpaired) electrons. The minimum atomic E-state index is 0.0406. The van der Waals surface area contributed by atoms with Gasteiger partial charge in [-0.05, 0) is 40.9 Å². The van der Waals surface area contributed by atoms with Gasteiger partial charge in [-0.1, -0.05) is 35.2 Å². The van der Waals surface area contributed by atoms with E-state index in [0.717, 1.165) is 29.2 Å². The van der Waals surface area contributed by atoms with Crippen molar-refractivity contribution < 1.29 is 4.79 Å². The third-order valence-electron chi connectivity index (χ3n) is 3.56. The Bertz CT molecular complexity index is 433. The van der Waals surface area contributed by atoms with E-state index in [0.29, 0.717) is 11.7 Å². The molecule has 1 aromatic heterocycles. The Morgan fingerprint density at radius 3 is 2.74 bits per heavy atom. The van der Waals surface area contributed by atoms with Gasteiger partial charge in [0.2, 0.25) is 0 Å². The van der Waals surface area contributed by atoms with Crippen molar-refractivity contribution in [2.45, 2.75) is 38.1 Å². The normalized spacial score (nSPS) is 16.3. The van der Waals surface area contributed by atoms with Crippen LogP contribution in [0, 0.1) is 0 Å². The summed E-state index contributed by atoms with van der Waals surface area (Å²) in [5, 5.41) is 0.805. The first-order valence-corrected chi connectivity index (χ1v) is 8.63. The molecule has 0 bridgehead atoms. The highest BCUT2D eigenvalue weighted by atomic mass is 79.9. The molecule has 0 N–H and O–H groups in total. The monoisotopic (exact) mass is 388 g/mol. The van der Waals surface area contributed by atoms with Crippen LogP contribution in [-0.4, -0.2) is 33.7 Å². The van der Waals surface area contributed by atoms with Crippen LogP contribution >= 0.6 is 31.9 Å². The minimum Gasteiger partial charge on any atom is -0.333 e. The molecule has 1 aromatic rings. The molecule has 19 heavy (non-hydrogen) atoms. The summed E-state index contributed by atoms with van der Waals surface area (Å²) < 4.78 is 0.774. The van der Waals surface area contributed by atoms with Gasteiger partial charge < -0.3 is 4.90 Å². The highest BCUT2D eigenvalue weighted by molar-refractivity contribution is 9.10. The topological polar surface area (TPSA) is 33.2 Å². The molecule has 2 rings (SSSR count). The van der Waals surface area contributed by atoms with Crippen LogP contribution in [0.5, 0.6) is 0 Å². The van der Waals surface area contributed by atoms with Gasteiger partial charge in [-0.15, -0.1) is 0 Å². The number of halogens is 2. The summed E-state index contributed by atoms with van der Waals surface area (Å²) in [7, 11) is 0. The molecular formula is C14H18Br2N2O. The number of amides is 1. The lowest BCUT2D eigenvalue weighted by molar-refractivity contribution is 0.0644. The maximum Gasteiger partial charge on any atom is 0.273 e. The number of carbonyl (C=O) groups is 1. The zero-order chi connectivity index (χ0) is 13.7. The zero-order valence-corrected chi connectivity index (χ0v) is 14.0. The molecule has 1 aliphatic rings. The van der Waals surface area contributed by atoms with Crippen molar-refractivity contribution in [1.82, 2.24) is 9.88 Å². The second-order valence-corrected chi connectivity index (χ2v) is 6.46. The predicted octanol–water partition coefficient (Wildman–Crippen LogP) is 4.01. The average Bonchev–Trinajstić information content (AvgIpc) is 2.45. The molecule has 1 fully saturated rings. The standard InChI is InChI=1S/C14H18Br2N2O/c15-8-10-18(11-5-2-1-3-6-11)14(19)13-12(16)7-4-9-17-13/h4,7,9,11H,1-3,5-6,8,10H2. The van der Waals surface area contributed by atoms with Crippen LogP contribution in [-0.2, 0) is 0 Å². The number of rotatable bonds is 4. The molecule has 0 spiro atoms. The summed E-state index contributed by atoms with van der Waals surface area (Å²) in [6.45, 7) is 0.743. The number of nitrogens with zero attached hydrogens (tertiary/aromatic N) is 2. The first-order valence-electron chi connectivity index (χ1n) is 6.71. The summed E-state index contributed by atoms with van der Waals surface area (Å²) in [5.41, 5.74) is 0.522. The Morgan fingerprint density at radius 2 is 2.11 bits per heavy atom. The average molecular weight is 390 g/mol. The lowest BCUT2D eigenvalue weighted by atomic mass is 9.94. The van der Waals surface area contributed by atoms with Crippen molar-refractivity contribution >= 4 is 37.8 Å². The van der Waals surface area contributed by atoms with Gasteiger partial charge in [0.15, 0.2) is 0 Å². The molecule has 1 amide bonds. The molecule has 1 aliphatic carbocycles. The number of carbonyl (C=O) groups excluding carboxylic acids is 1. The van der Waals surface area contributed by atoms with Gasteiger partial charge in [-0.3, -0.25) is 4.79 Å². The fourth-order valence-electron chi connectivity index (χ4n) is 2.61. The van der Waals surface area contributed by atoms with Crippen LogP contribution in [0.2, 0.25) is 0 Å². The molecule has 104 valence electrons. The van der Waals surface area contributed by atoms with E-state index in [1.54, 1.807) is 6.20 Å². The minimum absolute atomic E-state index is 0.0406. The molecule has 1 heterocycles. The van der Waals surface area contributed by atoms with E-state index >= 15 is 0 Å². The predicted molar refractivity (Wildman–Crippen MR) is 83.6 cm³/mol. The summed E-state index contributed by atoms with van der Waals surface area (Å²) in [5.74, 6) is 0.0406. The number of pyridine rings is 1. The number of alkyl halides is 1. The van der Waals surface area contributed by atoms with E-state index in [1.807, 2.05) is 17.0 Å². The van der Waals surface area contributed by atoms with Gasteiger partial charge in [-0.2, -0.15) is 0 Å². The fourth-order valence-corrected chi connectivity index (χ4v) is 3.42. The largest absolute Gasteiger partial charge is 0.333 e. The number of hydrogen-bond donors (Lipinski definition) is 0. The van der Waals surface area contributed by atoms with E-state index in [9.17, 15) is 4.79 Å². The van der Waals surface area contributed by atoms with Crippen molar-refractivity contribution in [2.75, 3.05) is 11.9 Å². The Labute approximate surface area is 131 Å². The Kier molecular flexibility index (Phi) is 5.82. The van der Waals surface area contributed by atoms with Crippen LogP contribution < -0.4 is 0 Å². The number of aromatic nitrogens is 1. The first-order chi connectivity index (χ1) is 9.24. The SMILES string of the molecule is O=C(c1ncccc1Br)N(CCBr)C1CCCCC1. The highest BCUT2D eigenvalue weighted by Gasteiger charge is 2.27. The first kappa shape index (κ1) is 15.0. The lowest BCUT2D eigenvalue weighted by Gasteiger charge is -2.34. The van der Waals surface area contributed by atoms with Gasteiger partial charge in [0.05, 0.1) is 0 Å². The van der Waals surface area contributed by atoms with E-state index in [-0.39, 0.29) is 5.91 Å². The number of hydrogen-bond acceptors (Lipinski definition) is 2. The van der Waals surface area contributed by atoms with E-state index in [4.69, 9.17) is 0 Å². The summed E-state index contributed by atoms with van der Waals surface area (Å²) in [4.78, 5) is 18.9. The maximum absolute atomic E-state index is 12.7. The van der Waals surface area contributed by atoms with Crippen molar-refractivity contribution in [3.05, 3.63) is 28.5 Å². The van der Waals surface area contributed by atoms with Gasteiger partial charge in [0, 0.05) is 28.6 Å². The maximum atomic E-state index is 12.7. The molecule has 1 saturated carbocycles. The summed E-state index contributed by atoms with van der Waals surface area (Å²) >= 11 is 6.87. The molecule has 5 heteroatoms. The molecule has 0 aromatic carbocycles. The molecule has 0 atom stereocenters. The quantitative estimate of drug-likeness (QED) is 0.728. The smallest absolute Gasteiger partial charge is 0.273 e. The van der Waals surface area contributed by atoms with Crippen molar-refractivity contribution in [3.63, 3.8) is 0 Å². The van der Waals surface area contributed by atoms with Crippen molar-refractivity contribution in [1.29, 1.82) is 0 Å². The molecular weight excluding hydrogens is 372 g/mol. The second-order valence-electron chi connectivity index (χ2n) is 4.81. The van der Waals surface area contributed by atoms with Crippen LogP contribution in [0.4, 0.5) is 0 Å². The fraction of sp³-hybridized carbons (Fsp3) is 0.571. The molecule has 0 unspecified atom stereocenters. The van der Waals surface area contributed by atoms with E-state index in [2.05, 4.69) is 36.8 Å². The summed E-state index contributed by atoms with van der Waals surface area (Å²) in [6.07, 6.45) is 7.64. The third-order valence-corrected chi connectivity index (χ3v) is 4.56. The molecule has 0 saturated heterocycles.